The molecule has 4 heteroatoms. The first-order valence-electron chi connectivity index (χ1n) is 5.46. The van der Waals surface area contributed by atoms with Crippen molar-refractivity contribution in [1.82, 2.24) is 9.88 Å². The van der Waals surface area contributed by atoms with E-state index in [-0.39, 0.29) is 0 Å². The summed E-state index contributed by atoms with van der Waals surface area (Å²) in [6.07, 6.45) is 3.12. The predicted molar refractivity (Wildman–Crippen MR) is 56.4 cm³/mol. The van der Waals surface area contributed by atoms with Gasteiger partial charge >= 0.3 is 0 Å². The fraction of sp³-hybridized carbons (Fsp3) is 0.727. The van der Waals surface area contributed by atoms with Crippen molar-refractivity contribution in [2.75, 3.05) is 20.1 Å². The minimum atomic E-state index is -0.534. The lowest BCUT2D eigenvalue weighted by Crippen LogP contribution is -2.15. The fourth-order valence-corrected chi connectivity index (χ4v) is 2.05. The molecular weight excluding hydrogens is 192 g/mol. The largest absolute Gasteiger partial charge is 0.449 e. The molecule has 0 aromatic carbocycles. The number of hydrogen-bond acceptors (Lipinski definition) is 4. The van der Waals surface area contributed by atoms with Crippen LogP contribution in [0.2, 0.25) is 0 Å². The third-order valence-corrected chi connectivity index (χ3v) is 2.95. The minimum Gasteiger partial charge on any atom is -0.449 e. The number of aliphatic hydroxyl groups excluding tert-OH is 1. The van der Waals surface area contributed by atoms with E-state index in [0.717, 1.165) is 25.4 Å². The Morgan fingerprint density at radius 2 is 2.53 bits per heavy atom. The van der Waals surface area contributed by atoms with Gasteiger partial charge in [-0.15, -0.1) is 0 Å². The first kappa shape index (κ1) is 10.6. The second kappa shape index (κ2) is 4.33. The molecule has 2 heterocycles. The monoisotopic (exact) mass is 210 g/mol. The van der Waals surface area contributed by atoms with Crippen molar-refractivity contribution in [2.45, 2.75) is 25.9 Å². The Labute approximate surface area is 89.9 Å². The molecule has 1 saturated heterocycles. The second-order valence-electron chi connectivity index (χ2n) is 4.46. The summed E-state index contributed by atoms with van der Waals surface area (Å²) < 4.78 is 5.33. The number of nitrogens with zero attached hydrogens (tertiary/aromatic N) is 2. The molecule has 1 aromatic rings. The average Bonchev–Trinajstić information content (AvgIpc) is 2.76. The number of rotatable bonds is 3. The Balaban J connectivity index is 1.93. The van der Waals surface area contributed by atoms with E-state index in [1.165, 1.54) is 6.42 Å². The second-order valence-corrected chi connectivity index (χ2v) is 4.46. The van der Waals surface area contributed by atoms with Crippen LogP contribution in [0.1, 0.15) is 31.0 Å². The van der Waals surface area contributed by atoms with Crippen LogP contribution in [-0.4, -0.2) is 35.1 Å². The van der Waals surface area contributed by atoms with Gasteiger partial charge in [-0.05, 0) is 32.9 Å². The average molecular weight is 210 g/mol. The van der Waals surface area contributed by atoms with Gasteiger partial charge in [0.1, 0.15) is 12.0 Å². The van der Waals surface area contributed by atoms with Crippen LogP contribution in [0.25, 0.3) is 0 Å². The van der Waals surface area contributed by atoms with Gasteiger partial charge in [-0.3, -0.25) is 0 Å². The lowest BCUT2D eigenvalue weighted by molar-refractivity contribution is 0.194. The molecule has 1 aliphatic rings. The maximum Gasteiger partial charge on any atom is 0.194 e. The zero-order valence-corrected chi connectivity index (χ0v) is 9.31. The van der Waals surface area contributed by atoms with Crippen LogP contribution in [-0.2, 0) is 6.42 Å². The molecule has 2 unspecified atom stereocenters. The smallest absolute Gasteiger partial charge is 0.194 e. The van der Waals surface area contributed by atoms with Gasteiger partial charge in [-0.2, -0.15) is 0 Å². The molecule has 1 N–H and O–H groups in total. The highest BCUT2D eigenvalue weighted by molar-refractivity contribution is 5.00. The van der Waals surface area contributed by atoms with E-state index in [1.54, 1.807) is 13.2 Å². The van der Waals surface area contributed by atoms with Crippen molar-refractivity contribution in [2.24, 2.45) is 5.92 Å². The van der Waals surface area contributed by atoms with Crippen molar-refractivity contribution >= 4 is 0 Å². The highest BCUT2D eigenvalue weighted by Crippen LogP contribution is 2.20. The zero-order chi connectivity index (χ0) is 10.8. The summed E-state index contributed by atoms with van der Waals surface area (Å²) in [5, 5.41) is 9.31. The van der Waals surface area contributed by atoms with E-state index in [2.05, 4.69) is 16.9 Å². The first-order chi connectivity index (χ1) is 7.15. The third kappa shape index (κ3) is 2.58. The molecule has 0 bridgehead atoms. The van der Waals surface area contributed by atoms with Crippen molar-refractivity contribution < 1.29 is 9.52 Å². The third-order valence-electron chi connectivity index (χ3n) is 2.95. The maximum atomic E-state index is 9.31. The lowest BCUT2D eigenvalue weighted by Gasteiger charge is -2.07. The molecule has 2 atom stereocenters. The van der Waals surface area contributed by atoms with Gasteiger partial charge in [0.05, 0.1) is 6.10 Å². The van der Waals surface area contributed by atoms with Crippen molar-refractivity contribution in [3.8, 4) is 0 Å². The van der Waals surface area contributed by atoms with Crippen molar-refractivity contribution in [1.29, 1.82) is 0 Å². The van der Waals surface area contributed by atoms with Crippen LogP contribution >= 0.6 is 0 Å². The van der Waals surface area contributed by atoms with E-state index < -0.39 is 6.10 Å². The molecule has 0 aliphatic carbocycles. The van der Waals surface area contributed by atoms with Crippen LogP contribution in [0, 0.1) is 5.92 Å². The standard InChI is InChI=1S/C11H18N2O2/c1-8(14)10-7-15-11(12-10)5-9-3-4-13(2)6-9/h7-9,14H,3-6H2,1-2H3. The summed E-state index contributed by atoms with van der Waals surface area (Å²) in [7, 11) is 2.14. The summed E-state index contributed by atoms with van der Waals surface area (Å²) >= 11 is 0. The quantitative estimate of drug-likeness (QED) is 0.815. The molecule has 0 spiro atoms. The Morgan fingerprint density at radius 3 is 3.07 bits per heavy atom. The van der Waals surface area contributed by atoms with Crippen molar-refractivity contribution in [3.63, 3.8) is 0 Å². The zero-order valence-electron chi connectivity index (χ0n) is 9.31. The van der Waals surface area contributed by atoms with Gasteiger partial charge < -0.3 is 14.4 Å². The van der Waals surface area contributed by atoms with Crippen LogP contribution in [0.4, 0.5) is 0 Å². The van der Waals surface area contributed by atoms with Gasteiger partial charge in [-0.1, -0.05) is 0 Å². The number of likely N-dealkylation sites (tertiary alicyclic amines) is 1. The first-order valence-corrected chi connectivity index (χ1v) is 5.46. The summed E-state index contributed by atoms with van der Waals surface area (Å²) in [6.45, 7) is 3.98. The Hall–Kier alpha value is -0.870. The molecule has 2 rings (SSSR count). The predicted octanol–water partition coefficient (Wildman–Crippen LogP) is 1.22. The number of aliphatic hydroxyl groups is 1. The fourth-order valence-electron chi connectivity index (χ4n) is 2.05. The van der Waals surface area contributed by atoms with Crippen molar-refractivity contribution in [3.05, 3.63) is 17.8 Å². The molecule has 15 heavy (non-hydrogen) atoms. The highest BCUT2D eigenvalue weighted by atomic mass is 16.3. The summed E-state index contributed by atoms with van der Waals surface area (Å²) in [4.78, 5) is 6.59. The van der Waals surface area contributed by atoms with E-state index in [1.807, 2.05) is 0 Å². The van der Waals surface area contributed by atoms with E-state index >= 15 is 0 Å². The number of oxazole rings is 1. The van der Waals surface area contributed by atoms with Gasteiger partial charge in [0.25, 0.3) is 0 Å². The summed E-state index contributed by atoms with van der Waals surface area (Å²) in [5.74, 6) is 1.40. The molecule has 84 valence electrons. The molecule has 1 fully saturated rings. The maximum absolute atomic E-state index is 9.31. The normalized spacial score (nSPS) is 24.6. The molecule has 0 saturated carbocycles. The SMILES string of the molecule is CC(O)c1coc(CC2CCN(C)C2)n1. The molecule has 4 nitrogen and oxygen atoms in total. The number of aromatic nitrogens is 1. The van der Waals surface area contributed by atoms with Crippen LogP contribution in [0.5, 0.6) is 0 Å². The van der Waals surface area contributed by atoms with Gasteiger partial charge in [-0.25, -0.2) is 4.98 Å². The van der Waals surface area contributed by atoms with E-state index in [0.29, 0.717) is 11.6 Å². The van der Waals surface area contributed by atoms with E-state index in [4.69, 9.17) is 4.42 Å². The van der Waals surface area contributed by atoms with Crippen LogP contribution < -0.4 is 0 Å². The van der Waals surface area contributed by atoms with E-state index in [9.17, 15) is 5.11 Å². The molecule has 0 amide bonds. The Morgan fingerprint density at radius 1 is 1.73 bits per heavy atom. The van der Waals surface area contributed by atoms with Crippen LogP contribution in [0.3, 0.4) is 0 Å². The highest BCUT2D eigenvalue weighted by Gasteiger charge is 2.21. The summed E-state index contributed by atoms with van der Waals surface area (Å²) in [5.41, 5.74) is 0.636. The van der Waals surface area contributed by atoms with Gasteiger partial charge in [0.2, 0.25) is 0 Å². The molecule has 1 aliphatic heterocycles. The Kier molecular flexibility index (Phi) is 3.07. The van der Waals surface area contributed by atoms with Crippen LogP contribution in [0.15, 0.2) is 10.7 Å². The minimum absolute atomic E-state index is 0.534. The molecule has 1 aromatic heterocycles. The van der Waals surface area contributed by atoms with Gasteiger partial charge in [0, 0.05) is 13.0 Å². The Bertz CT molecular complexity index is 322. The van der Waals surface area contributed by atoms with Gasteiger partial charge in [0.15, 0.2) is 5.89 Å². The topological polar surface area (TPSA) is 49.5 Å². The number of hydrogen-bond donors (Lipinski definition) is 1. The molecular formula is C11H18N2O2. The summed E-state index contributed by atoms with van der Waals surface area (Å²) in [6, 6.07) is 0. The molecule has 0 radical (unpaired) electrons. The lowest BCUT2D eigenvalue weighted by atomic mass is 10.1.